The third-order valence-electron chi connectivity index (χ3n) is 6.41. The highest BCUT2D eigenvalue weighted by Gasteiger charge is 2.30. The van der Waals surface area contributed by atoms with Crippen LogP contribution in [0.15, 0.2) is 48.5 Å². The van der Waals surface area contributed by atoms with E-state index in [1.807, 2.05) is 48.5 Å². The van der Waals surface area contributed by atoms with E-state index in [2.05, 4.69) is 15.6 Å². The minimum Gasteiger partial charge on any atom is -0.481 e. The van der Waals surface area contributed by atoms with Crippen LogP contribution in [0.2, 0.25) is 0 Å². The lowest BCUT2D eigenvalue weighted by molar-refractivity contribution is -0.139. The summed E-state index contributed by atoms with van der Waals surface area (Å²) in [7, 11) is 0. The maximum absolute atomic E-state index is 12.8. The number of nitrogens with one attached hydrogen (secondary N) is 2. The number of benzene rings is 2. The largest absolute Gasteiger partial charge is 0.481 e. The summed E-state index contributed by atoms with van der Waals surface area (Å²) in [5.41, 5.74) is 5.32. The number of ether oxygens (including phenoxy) is 1. The number of carboxylic acid groups (broad SMARTS) is 1. The van der Waals surface area contributed by atoms with Gasteiger partial charge < -0.3 is 20.5 Å². The van der Waals surface area contributed by atoms with Crippen molar-refractivity contribution < 1.29 is 24.2 Å². The summed E-state index contributed by atoms with van der Waals surface area (Å²) in [6.07, 6.45) is 2.55. The Morgan fingerprint density at radius 1 is 1.03 bits per heavy atom. The average Bonchev–Trinajstić information content (AvgIpc) is 3.40. The first-order chi connectivity index (χ1) is 17.0. The predicted molar refractivity (Wildman–Crippen MR) is 132 cm³/mol. The molecule has 0 aliphatic heterocycles. The number of carboxylic acids is 1. The van der Waals surface area contributed by atoms with Gasteiger partial charge in [0.1, 0.15) is 12.6 Å². The Morgan fingerprint density at radius 2 is 1.69 bits per heavy atom. The second kappa shape index (κ2) is 9.87. The monoisotopic (exact) mass is 491 g/mol. The molecule has 35 heavy (non-hydrogen) atoms. The fourth-order valence-corrected chi connectivity index (χ4v) is 5.82. The SMILES string of the molecule is O=C(O)CC(NC(=O)OCC1c2ccccc2-c2ccccc21)C(=O)Nc1nc2c(s1)CCCC2. The van der Waals surface area contributed by atoms with Crippen molar-refractivity contribution in [3.8, 4) is 11.1 Å². The molecule has 0 fully saturated rings. The molecule has 1 heterocycles. The van der Waals surface area contributed by atoms with Gasteiger partial charge in [-0.2, -0.15) is 0 Å². The van der Waals surface area contributed by atoms with Gasteiger partial charge in [-0.25, -0.2) is 9.78 Å². The van der Waals surface area contributed by atoms with Crippen LogP contribution in [-0.2, 0) is 27.2 Å². The number of aromatic nitrogens is 1. The number of amides is 2. The van der Waals surface area contributed by atoms with Crippen LogP contribution in [0.5, 0.6) is 0 Å². The van der Waals surface area contributed by atoms with Crippen LogP contribution >= 0.6 is 11.3 Å². The van der Waals surface area contributed by atoms with Crippen molar-refractivity contribution in [1.82, 2.24) is 10.3 Å². The van der Waals surface area contributed by atoms with Crippen LogP contribution in [0, 0.1) is 0 Å². The highest BCUT2D eigenvalue weighted by atomic mass is 32.1. The number of aryl methyl sites for hydroxylation is 2. The van der Waals surface area contributed by atoms with E-state index in [4.69, 9.17) is 4.74 Å². The molecule has 3 N–H and O–H groups in total. The Labute approximate surface area is 206 Å². The first-order valence-corrected chi connectivity index (χ1v) is 12.4. The summed E-state index contributed by atoms with van der Waals surface area (Å²) >= 11 is 1.40. The lowest BCUT2D eigenvalue weighted by Crippen LogP contribution is -2.45. The summed E-state index contributed by atoms with van der Waals surface area (Å²) in [5.74, 6) is -1.98. The van der Waals surface area contributed by atoms with Crippen molar-refractivity contribution in [3.05, 3.63) is 70.2 Å². The molecule has 1 aromatic heterocycles. The van der Waals surface area contributed by atoms with E-state index in [0.29, 0.717) is 5.13 Å². The van der Waals surface area contributed by atoms with E-state index in [1.165, 1.54) is 11.3 Å². The number of nitrogens with zero attached hydrogens (tertiary/aromatic N) is 1. The summed E-state index contributed by atoms with van der Waals surface area (Å²) in [6.45, 7) is 0.0699. The number of fused-ring (bicyclic) bond motifs is 4. The zero-order valence-corrected chi connectivity index (χ0v) is 19.8. The van der Waals surface area contributed by atoms with Gasteiger partial charge in [0.05, 0.1) is 12.1 Å². The molecule has 1 atom stereocenters. The van der Waals surface area contributed by atoms with E-state index >= 15 is 0 Å². The van der Waals surface area contributed by atoms with Gasteiger partial charge in [0.25, 0.3) is 0 Å². The maximum Gasteiger partial charge on any atom is 0.407 e. The van der Waals surface area contributed by atoms with E-state index in [0.717, 1.165) is 58.5 Å². The molecule has 2 aliphatic carbocycles. The number of carbonyl (C=O) groups excluding carboxylic acids is 2. The molecule has 1 unspecified atom stereocenters. The third kappa shape index (κ3) is 4.90. The van der Waals surface area contributed by atoms with Gasteiger partial charge in [-0.15, -0.1) is 11.3 Å². The molecular weight excluding hydrogens is 466 g/mol. The second-order valence-corrected chi connectivity index (χ2v) is 9.79. The van der Waals surface area contributed by atoms with Crippen molar-refractivity contribution in [3.63, 3.8) is 0 Å². The van der Waals surface area contributed by atoms with Crippen LogP contribution in [0.4, 0.5) is 9.93 Å². The molecule has 0 bridgehead atoms. The highest BCUT2D eigenvalue weighted by Crippen LogP contribution is 2.44. The van der Waals surface area contributed by atoms with Crippen LogP contribution in [-0.4, -0.2) is 40.7 Å². The van der Waals surface area contributed by atoms with Gasteiger partial charge in [0.15, 0.2) is 5.13 Å². The lowest BCUT2D eigenvalue weighted by Gasteiger charge is -2.18. The molecule has 0 spiro atoms. The lowest BCUT2D eigenvalue weighted by atomic mass is 9.98. The van der Waals surface area contributed by atoms with Crippen molar-refractivity contribution in [2.24, 2.45) is 0 Å². The number of thiazole rings is 1. The molecule has 180 valence electrons. The molecule has 2 aromatic carbocycles. The molecular formula is C26H25N3O5S. The summed E-state index contributed by atoms with van der Waals surface area (Å²) in [6, 6.07) is 14.6. The van der Waals surface area contributed by atoms with E-state index < -0.39 is 30.4 Å². The molecule has 0 saturated carbocycles. The number of anilines is 1. The third-order valence-corrected chi connectivity index (χ3v) is 7.48. The Balaban J connectivity index is 1.24. The molecule has 9 heteroatoms. The molecule has 3 aromatic rings. The van der Waals surface area contributed by atoms with E-state index in [-0.39, 0.29) is 12.5 Å². The van der Waals surface area contributed by atoms with Crippen molar-refractivity contribution in [2.45, 2.75) is 44.1 Å². The van der Waals surface area contributed by atoms with Gasteiger partial charge in [-0.1, -0.05) is 48.5 Å². The standard InChI is InChI=1S/C26H25N3O5S/c30-23(31)13-21(24(32)29-25-27-20-11-5-6-12-22(20)35-25)28-26(33)34-14-19-17-9-3-1-7-15(17)16-8-2-4-10-18(16)19/h1-4,7-10,19,21H,5-6,11-14H2,(H,28,33)(H,30,31)(H,27,29,32). The molecule has 0 radical (unpaired) electrons. The Morgan fingerprint density at radius 3 is 2.34 bits per heavy atom. The minimum atomic E-state index is -1.29. The minimum absolute atomic E-state index is 0.0699. The average molecular weight is 492 g/mol. The van der Waals surface area contributed by atoms with Gasteiger partial charge >= 0.3 is 12.1 Å². The molecule has 0 saturated heterocycles. The van der Waals surface area contributed by atoms with Crippen LogP contribution in [0.25, 0.3) is 11.1 Å². The van der Waals surface area contributed by atoms with Crippen molar-refractivity contribution in [1.29, 1.82) is 0 Å². The molecule has 8 nitrogen and oxygen atoms in total. The Kier molecular flexibility index (Phi) is 6.50. The number of alkyl carbamates (subject to hydrolysis) is 1. The smallest absolute Gasteiger partial charge is 0.407 e. The Hall–Kier alpha value is -3.72. The predicted octanol–water partition coefficient (Wildman–Crippen LogP) is 4.34. The zero-order valence-electron chi connectivity index (χ0n) is 19.0. The first-order valence-electron chi connectivity index (χ1n) is 11.6. The van der Waals surface area contributed by atoms with E-state index in [1.54, 1.807) is 0 Å². The molecule has 2 aliphatic rings. The van der Waals surface area contributed by atoms with Gasteiger partial charge in [0, 0.05) is 10.8 Å². The Bertz CT molecular complexity index is 1220. The highest BCUT2D eigenvalue weighted by molar-refractivity contribution is 7.15. The zero-order chi connectivity index (χ0) is 24.4. The second-order valence-electron chi connectivity index (χ2n) is 8.71. The summed E-state index contributed by atoms with van der Waals surface area (Å²) in [5, 5.41) is 14.8. The maximum atomic E-state index is 12.8. The molecule has 2 amide bonds. The van der Waals surface area contributed by atoms with Crippen molar-refractivity contribution >= 4 is 34.4 Å². The normalized spacial score (nSPS) is 14.9. The number of carbonyl (C=O) groups is 3. The fourth-order valence-electron chi connectivity index (χ4n) is 4.76. The first kappa shape index (κ1) is 23.0. The summed E-state index contributed by atoms with van der Waals surface area (Å²) < 4.78 is 5.48. The van der Waals surface area contributed by atoms with Gasteiger partial charge in [0.2, 0.25) is 5.91 Å². The number of hydrogen-bond donors (Lipinski definition) is 3. The van der Waals surface area contributed by atoms with E-state index in [9.17, 15) is 19.5 Å². The van der Waals surface area contributed by atoms with Gasteiger partial charge in [-0.3, -0.25) is 9.59 Å². The topological polar surface area (TPSA) is 118 Å². The van der Waals surface area contributed by atoms with Crippen LogP contribution in [0.1, 0.15) is 46.9 Å². The van der Waals surface area contributed by atoms with Crippen molar-refractivity contribution in [2.75, 3.05) is 11.9 Å². The quantitative estimate of drug-likeness (QED) is 0.453. The number of hydrogen-bond acceptors (Lipinski definition) is 6. The number of aliphatic carboxylic acids is 1. The van der Waals surface area contributed by atoms with Crippen LogP contribution in [0.3, 0.4) is 0 Å². The van der Waals surface area contributed by atoms with Crippen LogP contribution < -0.4 is 10.6 Å². The van der Waals surface area contributed by atoms with Gasteiger partial charge in [-0.05, 0) is 47.9 Å². The fraction of sp³-hybridized carbons (Fsp3) is 0.308. The summed E-state index contributed by atoms with van der Waals surface area (Å²) in [4.78, 5) is 42.4. The molecule has 5 rings (SSSR count). The number of rotatable bonds is 7.